The average Bonchev–Trinajstić information content (AvgIpc) is 3.26. The highest BCUT2D eigenvalue weighted by molar-refractivity contribution is 6.21. The maximum atomic E-state index is 2.38. The molecule has 0 aliphatic heterocycles. The predicted molar refractivity (Wildman–Crippen MR) is 232 cm³/mol. The Morgan fingerprint density at radius 1 is 0.167 bits per heavy atom. The number of rotatable bonds is 6. The Bertz CT molecular complexity index is 2900. The molecule has 0 heteroatoms. The van der Waals surface area contributed by atoms with Gasteiger partial charge in [0.1, 0.15) is 0 Å². The van der Waals surface area contributed by atoms with Crippen LogP contribution >= 0.6 is 0 Å². The van der Waals surface area contributed by atoms with Gasteiger partial charge >= 0.3 is 0 Å². The Morgan fingerprint density at radius 2 is 0.463 bits per heavy atom. The van der Waals surface area contributed by atoms with Crippen molar-refractivity contribution in [2.24, 2.45) is 0 Å². The first-order chi connectivity index (χ1) is 26.8. The van der Waals surface area contributed by atoms with Crippen molar-refractivity contribution in [1.29, 1.82) is 0 Å². The van der Waals surface area contributed by atoms with Crippen molar-refractivity contribution in [1.82, 2.24) is 0 Å². The predicted octanol–water partition coefficient (Wildman–Crippen LogP) is 15.1. The lowest BCUT2D eigenvalue weighted by Gasteiger charge is -2.18. The van der Waals surface area contributed by atoms with Crippen LogP contribution in [0, 0.1) is 0 Å². The second kappa shape index (κ2) is 13.5. The van der Waals surface area contributed by atoms with E-state index in [0.717, 1.165) is 0 Å². The van der Waals surface area contributed by atoms with Gasteiger partial charge in [-0.25, -0.2) is 0 Å². The van der Waals surface area contributed by atoms with Crippen molar-refractivity contribution < 1.29 is 0 Å². The molecule has 0 heterocycles. The molecule has 0 aliphatic rings. The summed E-state index contributed by atoms with van der Waals surface area (Å²) >= 11 is 0. The molecule has 0 aromatic heterocycles. The van der Waals surface area contributed by atoms with Crippen LogP contribution in [0.2, 0.25) is 0 Å². The summed E-state index contributed by atoms with van der Waals surface area (Å²) in [5.74, 6) is 0. The third-order valence-corrected chi connectivity index (χ3v) is 10.8. The van der Waals surface area contributed by atoms with Gasteiger partial charge in [-0.1, -0.05) is 194 Å². The highest BCUT2D eigenvalue weighted by Gasteiger charge is 2.17. The summed E-state index contributed by atoms with van der Waals surface area (Å²) in [6.07, 6.45) is 0. The van der Waals surface area contributed by atoms with Gasteiger partial charge in [0.15, 0.2) is 0 Å². The molecule has 0 unspecified atom stereocenters. The molecular formula is C54H36. The molecule has 0 atom stereocenters. The lowest BCUT2D eigenvalue weighted by molar-refractivity contribution is 1.58. The smallest absolute Gasteiger partial charge is 0.00262 e. The largest absolute Gasteiger partial charge is 0.0622 e. The topological polar surface area (TPSA) is 0 Å². The lowest BCUT2D eigenvalue weighted by Crippen LogP contribution is -1.91. The summed E-state index contributed by atoms with van der Waals surface area (Å²) in [5.41, 5.74) is 14.8. The van der Waals surface area contributed by atoms with E-state index in [9.17, 15) is 0 Å². The molecule has 10 aromatic carbocycles. The Labute approximate surface area is 316 Å². The van der Waals surface area contributed by atoms with E-state index in [1.807, 2.05) is 0 Å². The fraction of sp³-hybridized carbons (Fsp3) is 0. The van der Waals surface area contributed by atoms with Crippen LogP contribution in [0.1, 0.15) is 0 Å². The Hall–Kier alpha value is -7.02. The summed E-state index contributed by atoms with van der Waals surface area (Å²) in [4.78, 5) is 0. The van der Waals surface area contributed by atoms with E-state index in [1.54, 1.807) is 0 Å². The fourth-order valence-electron chi connectivity index (χ4n) is 8.18. The molecule has 0 amide bonds. The van der Waals surface area contributed by atoms with Crippen molar-refractivity contribution in [2.45, 2.75) is 0 Å². The molecule has 0 saturated carbocycles. The van der Waals surface area contributed by atoms with Crippen molar-refractivity contribution in [2.75, 3.05) is 0 Å². The summed E-state index contributed by atoms with van der Waals surface area (Å²) in [6.45, 7) is 0. The first-order valence-electron chi connectivity index (χ1n) is 18.7. The van der Waals surface area contributed by atoms with Crippen molar-refractivity contribution in [3.63, 3.8) is 0 Å². The Morgan fingerprint density at radius 3 is 0.944 bits per heavy atom. The van der Waals surface area contributed by atoms with E-state index in [-0.39, 0.29) is 0 Å². The van der Waals surface area contributed by atoms with Crippen molar-refractivity contribution >= 4 is 32.3 Å². The van der Waals surface area contributed by atoms with Crippen molar-refractivity contribution in [3.8, 4) is 66.8 Å². The second-order valence-corrected chi connectivity index (χ2v) is 14.1. The van der Waals surface area contributed by atoms with Crippen molar-refractivity contribution in [3.05, 3.63) is 218 Å². The zero-order chi connectivity index (χ0) is 35.8. The number of hydrogen-bond donors (Lipinski definition) is 0. The van der Waals surface area contributed by atoms with Crippen LogP contribution < -0.4 is 0 Å². The van der Waals surface area contributed by atoms with Crippen LogP contribution in [0.5, 0.6) is 0 Å². The highest BCUT2D eigenvalue weighted by atomic mass is 14.2. The molecule has 0 spiro atoms. The first kappa shape index (κ1) is 31.7. The normalized spacial score (nSPS) is 11.3. The van der Waals surface area contributed by atoms with Gasteiger partial charge in [0.2, 0.25) is 0 Å². The number of benzene rings is 10. The minimum atomic E-state index is 1.21. The standard InChI is InChI=1S/C54H36/c1-3-13-37(14-4-1)42-17-11-18-43(33-42)39-25-27-40(28-26-39)45-31-29-41-30-32-47(36-48(41)35-45)54-51-23-9-7-21-49(51)53(50-22-8-10-24-52(50)54)46-20-12-19-44(34-46)38-15-5-2-6-16-38/h1-36H. The van der Waals surface area contributed by atoms with Gasteiger partial charge in [-0.3, -0.25) is 0 Å². The summed E-state index contributed by atoms with van der Waals surface area (Å²) < 4.78 is 0. The molecule has 0 fully saturated rings. The molecule has 0 bridgehead atoms. The maximum Gasteiger partial charge on any atom is -0.00262 e. The Balaban J connectivity index is 1.06. The minimum absolute atomic E-state index is 1.21. The van der Waals surface area contributed by atoms with E-state index in [4.69, 9.17) is 0 Å². The van der Waals surface area contributed by atoms with Crippen LogP contribution in [-0.2, 0) is 0 Å². The number of fused-ring (bicyclic) bond motifs is 3. The maximum absolute atomic E-state index is 2.38. The summed E-state index contributed by atoms with van der Waals surface area (Å²) in [5, 5.41) is 7.52. The quantitative estimate of drug-likeness (QED) is 0.153. The monoisotopic (exact) mass is 684 g/mol. The molecule has 0 aliphatic carbocycles. The molecular weight excluding hydrogens is 649 g/mol. The third-order valence-electron chi connectivity index (χ3n) is 10.8. The summed E-state index contributed by atoms with van der Waals surface area (Å²) in [6, 6.07) is 79.7. The van der Waals surface area contributed by atoms with Gasteiger partial charge in [-0.15, -0.1) is 0 Å². The molecule has 0 saturated heterocycles. The lowest BCUT2D eigenvalue weighted by atomic mass is 9.85. The van der Waals surface area contributed by atoms with Gasteiger partial charge in [-0.2, -0.15) is 0 Å². The zero-order valence-corrected chi connectivity index (χ0v) is 29.8. The molecule has 10 aromatic rings. The van der Waals surface area contributed by atoms with Gasteiger partial charge in [0, 0.05) is 0 Å². The molecule has 0 N–H and O–H groups in total. The SMILES string of the molecule is c1ccc(-c2cccc(-c3ccc(-c4ccc5ccc(-c6c7ccccc7c(-c7cccc(-c8ccccc8)c7)c7ccccc67)cc5c4)cc3)c2)cc1. The highest BCUT2D eigenvalue weighted by Crippen LogP contribution is 2.45. The van der Waals surface area contributed by atoms with E-state index >= 15 is 0 Å². The molecule has 10 rings (SSSR count). The van der Waals surface area contributed by atoms with Crippen LogP contribution in [0.4, 0.5) is 0 Å². The van der Waals surface area contributed by atoms with Gasteiger partial charge < -0.3 is 0 Å². The van der Waals surface area contributed by atoms with Crippen LogP contribution in [-0.4, -0.2) is 0 Å². The first-order valence-corrected chi connectivity index (χ1v) is 18.7. The van der Waals surface area contributed by atoms with Gasteiger partial charge in [0.05, 0.1) is 0 Å². The van der Waals surface area contributed by atoms with Crippen LogP contribution in [0.3, 0.4) is 0 Å². The van der Waals surface area contributed by atoms with Gasteiger partial charge in [0.25, 0.3) is 0 Å². The molecule has 252 valence electrons. The third kappa shape index (κ3) is 5.75. The second-order valence-electron chi connectivity index (χ2n) is 14.1. The van der Waals surface area contributed by atoms with Crippen LogP contribution in [0.15, 0.2) is 218 Å². The average molecular weight is 685 g/mol. The van der Waals surface area contributed by atoms with E-state index in [0.29, 0.717) is 0 Å². The van der Waals surface area contributed by atoms with Gasteiger partial charge in [-0.05, 0) is 123 Å². The van der Waals surface area contributed by atoms with E-state index in [2.05, 4.69) is 218 Å². The zero-order valence-electron chi connectivity index (χ0n) is 29.8. The van der Waals surface area contributed by atoms with E-state index < -0.39 is 0 Å². The summed E-state index contributed by atoms with van der Waals surface area (Å²) in [7, 11) is 0. The molecule has 54 heavy (non-hydrogen) atoms. The Kier molecular flexibility index (Phi) is 7.93. The van der Waals surface area contributed by atoms with Crippen LogP contribution in [0.25, 0.3) is 99.1 Å². The van der Waals surface area contributed by atoms with E-state index in [1.165, 1.54) is 99.1 Å². The molecule has 0 nitrogen and oxygen atoms in total. The number of hydrogen-bond acceptors (Lipinski definition) is 0. The fourth-order valence-corrected chi connectivity index (χ4v) is 8.18. The minimum Gasteiger partial charge on any atom is -0.0622 e. The molecule has 0 radical (unpaired) electrons.